The van der Waals surface area contributed by atoms with Gasteiger partial charge in [-0.15, -0.1) is 6.42 Å². The Morgan fingerprint density at radius 2 is 1.96 bits per heavy atom. The van der Waals surface area contributed by atoms with E-state index in [0.29, 0.717) is 5.02 Å². The quantitative estimate of drug-likeness (QED) is 0.825. The van der Waals surface area contributed by atoms with Gasteiger partial charge in [0.05, 0.1) is 0 Å². The van der Waals surface area contributed by atoms with E-state index in [4.69, 9.17) is 18.0 Å². The lowest BCUT2D eigenvalue weighted by Gasteiger charge is -2.45. The van der Waals surface area contributed by atoms with Gasteiger partial charge >= 0.3 is 6.03 Å². The first kappa shape index (κ1) is 14.2. The average Bonchev–Trinajstić information content (AvgIpc) is 3.39. The molecule has 3 nitrogen and oxygen atoms in total. The molecule has 2 aromatic carbocycles. The molecule has 1 atom stereocenters. The van der Waals surface area contributed by atoms with E-state index >= 15 is 0 Å². The van der Waals surface area contributed by atoms with Crippen LogP contribution < -0.4 is 5.32 Å². The number of rotatable bonds is 2. The van der Waals surface area contributed by atoms with Crippen molar-refractivity contribution in [1.29, 1.82) is 0 Å². The summed E-state index contributed by atoms with van der Waals surface area (Å²) in [5.74, 6) is 2.93. The summed E-state index contributed by atoms with van der Waals surface area (Å²) in [5, 5.41) is 3.55. The second kappa shape index (κ2) is 5.04. The maximum atomic E-state index is 12.8. The Hall–Kier alpha value is -2.44. The molecule has 1 N–H and O–H groups in total. The summed E-state index contributed by atoms with van der Waals surface area (Å²) in [6.45, 7) is 0. The predicted octanol–water partition coefficient (Wildman–Crippen LogP) is 4.23. The monoisotopic (exact) mass is 322 g/mol. The van der Waals surface area contributed by atoms with E-state index in [2.05, 4.69) is 11.2 Å². The lowest BCUT2D eigenvalue weighted by Crippen LogP contribution is -2.55. The molecule has 0 bridgehead atoms. The van der Waals surface area contributed by atoms with Crippen LogP contribution in [0.5, 0.6) is 0 Å². The number of nitrogens with zero attached hydrogens (tertiary/aromatic N) is 1. The van der Waals surface area contributed by atoms with Crippen LogP contribution >= 0.6 is 11.6 Å². The van der Waals surface area contributed by atoms with E-state index in [1.807, 2.05) is 42.5 Å². The Balaban J connectivity index is 2.04. The summed E-state index contributed by atoms with van der Waals surface area (Å²) in [7, 11) is 0. The third kappa shape index (κ3) is 2.03. The van der Waals surface area contributed by atoms with Crippen molar-refractivity contribution < 1.29 is 4.79 Å². The molecule has 0 radical (unpaired) electrons. The topological polar surface area (TPSA) is 32.3 Å². The highest BCUT2D eigenvalue weighted by Crippen LogP contribution is 2.48. The number of terminal acetylenes is 1. The van der Waals surface area contributed by atoms with Crippen molar-refractivity contribution in [2.75, 3.05) is 5.32 Å². The highest BCUT2D eigenvalue weighted by Gasteiger charge is 2.52. The Labute approximate surface area is 140 Å². The molecule has 23 heavy (non-hydrogen) atoms. The first-order chi connectivity index (χ1) is 11.2. The van der Waals surface area contributed by atoms with Gasteiger partial charge in [0.15, 0.2) is 5.54 Å². The summed E-state index contributed by atoms with van der Waals surface area (Å²) < 4.78 is 0. The number of anilines is 1. The van der Waals surface area contributed by atoms with E-state index < -0.39 is 5.54 Å². The molecule has 1 fully saturated rings. The predicted molar refractivity (Wildman–Crippen MR) is 91.4 cm³/mol. The van der Waals surface area contributed by atoms with Crippen molar-refractivity contribution in [3.63, 3.8) is 0 Å². The maximum Gasteiger partial charge on any atom is 0.323 e. The molecule has 1 aliphatic carbocycles. The normalized spacial score (nSPS) is 23.0. The van der Waals surface area contributed by atoms with Gasteiger partial charge in [0, 0.05) is 22.3 Å². The highest BCUT2D eigenvalue weighted by molar-refractivity contribution is 6.30. The number of carbonyl (C=O) groups is 1. The molecule has 2 amide bonds. The largest absolute Gasteiger partial charge is 0.323 e. The summed E-state index contributed by atoms with van der Waals surface area (Å²) in [6, 6.07) is 15.2. The average molecular weight is 323 g/mol. The summed E-state index contributed by atoms with van der Waals surface area (Å²) in [5.41, 5.74) is 1.56. The van der Waals surface area contributed by atoms with Crippen molar-refractivity contribution >= 4 is 23.3 Å². The first-order valence-corrected chi connectivity index (χ1v) is 7.98. The van der Waals surface area contributed by atoms with E-state index in [0.717, 1.165) is 29.7 Å². The molecule has 0 spiro atoms. The zero-order valence-electron chi connectivity index (χ0n) is 12.4. The molecule has 0 aromatic heterocycles. The van der Waals surface area contributed by atoms with Gasteiger partial charge in [-0.05, 0) is 36.6 Å². The van der Waals surface area contributed by atoms with Crippen LogP contribution in [0.3, 0.4) is 0 Å². The van der Waals surface area contributed by atoms with E-state index in [9.17, 15) is 4.79 Å². The van der Waals surface area contributed by atoms with Gasteiger partial charge < -0.3 is 5.32 Å². The molecule has 1 aliphatic heterocycles. The van der Waals surface area contributed by atoms with Gasteiger partial charge in [-0.1, -0.05) is 47.9 Å². The summed E-state index contributed by atoms with van der Waals surface area (Å²) >= 11 is 6.23. The van der Waals surface area contributed by atoms with Gasteiger partial charge in [-0.25, -0.2) is 4.79 Å². The molecule has 0 saturated heterocycles. The van der Waals surface area contributed by atoms with Crippen molar-refractivity contribution in [3.8, 4) is 12.3 Å². The highest BCUT2D eigenvalue weighted by atomic mass is 35.5. The fraction of sp³-hybridized carbons (Fsp3) is 0.211. The number of hydrogen-bond acceptors (Lipinski definition) is 1. The fourth-order valence-electron chi connectivity index (χ4n) is 3.36. The lowest BCUT2D eigenvalue weighted by atomic mass is 9.79. The Kier molecular flexibility index (Phi) is 3.11. The number of nitrogens with one attached hydrogen (secondary N) is 1. The molecule has 114 valence electrons. The Morgan fingerprint density at radius 1 is 1.22 bits per heavy atom. The van der Waals surface area contributed by atoms with Crippen LogP contribution in [-0.4, -0.2) is 17.0 Å². The number of urea groups is 1. The molecule has 1 heterocycles. The van der Waals surface area contributed by atoms with Gasteiger partial charge in [0.1, 0.15) is 0 Å². The third-order valence-electron chi connectivity index (χ3n) is 4.51. The minimum Gasteiger partial charge on any atom is -0.307 e. The number of amides is 2. The smallest absolute Gasteiger partial charge is 0.307 e. The molecule has 1 unspecified atom stereocenters. The number of benzene rings is 2. The van der Waals surface area contributed by atoms with Crippen LogP contribution in [0.15, 0.2) is 48.5 Å². The number of fused-ring (bicyclic) bond motifs is 1. The molecule has 1 saturated carbocycles. The zero-order chi connectivity index (χ0) is 16.0. The van der Waals surface area contributed by atoms with Crippen LogP contribution in [0.2, 0.25) is 5.02 Å². The van der Waals surface area contributed by atoms with Crippen molar-refractivity contribution in [3.05, 3.63) is 64.7 Å². The maximum absolute atomic E-state index is 12.8. The summed E-state index contributed by atoms with van der Waals surface area (Å²) in [6.07, 6.45) is 7.98. The van der Waals surface area contributed by atoms with Gasteiger partial charge in [-0.3, -0.25) is 4.90 Å². The lowest BCUT2D eigenvalue weighted by molar-refractivity contribution is 0.167. The second-order valence-corrected chi connectivity index (χ2v) is 6.38. The molecular formula is C19H15ClN2O. The van der Waals surface area contributed by atoms with Crippen molar-refractivity contribution in [2.45, 2.75) is 24.4 Å². The number of hydrogen-bond donors (Lipinski definition) is 1. The van der Waals surface area contributed by atoms with Crippen LogP contribution in [0.4, 0.5) is 10.5 Å². The first-order valence-electron chi connectivity index (χ1n) is 7.60. The zero-order valence-corrected chi connectivity index (χ0v) is 13.2. The molecule has 2 aromatic rings. The van der Waals surface area contributed by atoms with E-state index in [-0.39, 0.29) is 12.1 Å². The van der Waals surface area contributed by atoms with Gasteiger partial charge in [-0.2, -0.15) is 0 Å². The molecule has 4 heteroatoms. The summed E-state index contributed by atoms with van der Waals surface area (Å²) in [4.78, 5) is 14.6. The Bertz CT molecular complexity index is 823. The number of halogens is 1. The van der Waals surface area contributed by atoms with Crippen LogP contribution in [0.1, 0.15) is 24.0 Å². The minimum absolute atomic E-state index is 0.149. The van der Waals surface area contributed by atoms with E-state index in [1.54, 1.807) is 11.0 Å². The van der Waals surface area contributed by atoms with Crippen LogP contribution in [0.25, 0.3) is 0 Å². The number of carbonyl (C=O) groups excluding carboxylic acids is 1. The second-order valence-electron chi connectivity index (χ2n) is 5.94. The van der Waals surface area contributed by atoms with Gasteiger partial charge in [0.2, 0.25) is 0 Å². The molecule has 4 rings (SSSR count). The van der Waals surface area contributed by atoms with Crippen molar-refractivity contribution in [1.82, 2.24) is 4.90 Å². The minimum atomic E-state index is -0.926. The van der Waals surface area contributed by atoms with Crippen LogP contribution in [-0.2, 0) is 5.54 Å². The Morgan fingerprint density at radius 3 is 2.61 bits per heavy atom. The van der Waals surface area contributed by atoms with Crippen LogP contribution in [0, 0.1) is 12.3 Å². The fourth-order valence-corrected chi connectivity index (χ4v) is 3.53. The molecule has 2 aliphatic rings. The third-order valence-corrected chi connectivity index (χ3v) is 4.74. The standard InChI is InChI=1S/C19H15ClN2O/c1-2-19(13-6-4-3-5-7-13)16-12-14(20)8-11-17(16)21-18(23)22(19)15-9-10-15/h1,3-8,11-12,15H,9-10H2,(H,21,23). The SMILES string of the molecule is C#CC1(c2ccccc2)c2cc(Cl)ccc2NC(=O)N1C1CC1. The molecular weight excluding hydrogens is 308 g/mol. The van der Waals surface area contributed by atoms with Gasteiger partial charge in [0.25, 0.3) is 0 Å². The van der Waals surface area contributed by atoms with Crippen molar-refractivity contribution in [2.24, 2.45) is 0 Å². The van der Waals surface area contributed by atoms with E-state index in [1.165, 1.54) is 0 Å².